The molecule has 0 bridgehead atoms. The van der Waals surface area contributed by atoms with E-state index in [-0.39, 0.29) is 6.42 Å². The third-order valence-corrected chi connectivity index (χ3v) is 2.21. The molecule has 16 heavy (non-hydrogen) atoms. The van der Waals surface area contributed by atoms with E-state index in [1.165, 1.54) is 0 Å². The molecule has 0 unspecified atom stereocenters. The Labute approximate surface area is 95.3 Å². The van der Waals surface area contributed by atoms with E-state index in [0.29, 0.717) is 17.2 Å². The summed E-state index contributed by atoms with van der Waals surface area (Å²) >= 11 is 0. The molecule has 0 fully saturated rings. The molecular weight excluding hydrogens is 202 g/mol. The zero-order chi connectivity index (χ0) is 12.1. The van der Waals surface area contributed by atoms with Crippen LogP contribution >= 0.6 is 0 Å². The largest absolute Gasteiger partial charge is 0.481 e. The van der Waals surface area contributed by atoms with Gasteiger partial charge in [0.2, 0.25) is 0 Å². The first-order valence-corrected chi connectivity index (χ1v) is 5.10. The first kappa shape index (κ1) is 12.1. The number of nitrogen functional groups attached to an aromatic ring is 1. The molecule has 0 aromatic heterocycles. The van der Waals surface area contributed by atoms with Gasteiger partial charge in [-0.25, -0.2) is 0 Å². The van der Waals surface area contributed by atoms with Crippen molar-refractivity contribution < 1.29 is 9.90 Å². The molecule has 0 saturated heterocycles. The number of carbonyl (C=O) groups is 1. The van der Waals surface area contributed by atoms with Crippen molar-refractivity contribution in [2.75, 3.05) is 5.73 Å². The lowest BCUT2D eigenvalue weighted by molar-refractivity contribution is -0.135. The maximum Gasteiger partial charge on any atom is 0.315 e. The predicted molar refractivity (Wildman–Crippen MR) is 64.1 cm³/mol. The maximum atomic E-state index is 10.3. The van der Waals surface area contributed by atoms with Gasteiger partial charge in [0.15, 0.2) is 0 Å². The van der Waals surface area contributed by atoms with Crippen molar-refractivity contribution in [3.05, 3.63) is 29.3 Å². The molecule has 0 spiro atoms. The van der Waals surface area contributed by atoms with Crippen LogP contribution in [-0.4, -0.2) is 11.1 Å². The zero-order valence-corrected chi connectivity index (χ0v) is 9.45. The van der Waals surface area contributed by atoms with Gasteiger partial charge >= 0.3 is 5.97 Å². The van der Waals surface area contributed by atoms with Crippen LogP contribution < -0.4 is 5.73 Å². The number of hydrogen-bond donors (Lipinski definition) is 2. The van der Waals surface area contributed by atoms with Crippen molar-refractivity contribution in [3.8, 4) is 11.8 Å². The van der Waals surface area contributed by atoms with Gasteiger partial charge in [-0.3, -0.25) is 4.79 Å². The first-order valence-electron chi connectivity index (χ1n) is 5.10. The van der Waals surface area contributed by atoms with Crippen LogP contribution in [0.5, 0.6) is 0 Å². The van der Waals surface area contributed by atoms with Gasteiger partial charge in [-0.05, 0) is 23.6 Å². The summed E-state index contributed by atoms with van der Waals surface area (Å²) < 4.78 is 0. The molecule has 0 radical (unpaired) electrons. The number of rotatable bonds is 2. The highest BCUT2D eigenvalue weighted by molar-refractivity contribution is 5.70. The highest BCUT2D eigenvalue weighted by Crippen LogP contribution is 2.19. The molecule has 1 aromatic carbocycles. The van der Waals surface area contributed by atoms with E-state index in [2.05, 4.69) is 25.7 Å². The number of carboxylic acid groups (broad SMARTS) is 1. The Bertz CT molecular complexity index is 453. The number of carboxylic acids is 1. The Hall–Kier alpha value is -1.95. The van der Waals surface area contributed by atoms with Crippen LogP contribution in [-0.2, 0) is 4.79 Å². The van der Waals surface area contributed by atoms with Crippen molar-refractivity contribution in [3.63, 3.8) is 0 Å². The fourth-order valence-electron chi connectivity index (χ4n) is 1.26. The van der Waals surface area contributed by atoms with E-state index in [4.69, 9.17) is 10.8 Å². The number of benzene rings is 1. The second-order valence-corrected chi connectivity index (χ2v) is 3.87. The molecule has 0 saturated carbocycles. The van der Waals surface area contributed by atoms with Crippen molar-refractivity contribution in [2.45, 2.75) is 26.2 Å². The molecule has 0 amide bonds. The number of hydrogen-bond acceptors (Lipinski definition) is 2. The quantitative estimate of drug-likeness (QED) is 0.589. The van der Waals surface area contributed by atoms with Crippen molar-refractivity contribution >= 4 is 11.7 Å². The standard InChI is InChI=1S/C13H15NO2/c1-9(2)10-6-7-12(14)11(8-10)4-3-5-13(15)16/h6-9H,5,14H2,1-2H3,(H,15,16). The van der Waals surface area contributed by atoms with Gasteiger partial charge in [0.1, 0.15) is 6.42 Å². The summed E-state index contributed by atoms with van der Waals surface area (Å²) in [5.41, 5.74) is 8.19. The third-order valence-electron chi connectivity index (χ3n) is 2.21. The highest BCUT2D eigenvalue weighted by Gasteiger charge is 2.02. The van der Waals surface area contributed by atoms with E-state index in [0.717, 1.165) is 5.56 Å². The second-order valence-electron chi connectivity index (χ2n) is 3.87. The Morgan fingerprint density at radius 1 is 1.50 bits per heavy atom. The number of aliphatic carboxylic acids is 1. The summed E-state index contributed by atoms with van der Waals surface area (Å²) in [6.07, 6.45) is -0.161. The molecule has 0 aliphatic rings. The molecular formula is C13H15NO2. The smallest absolute Gasteiger partial charge is 0.315 e. The van der Waals surface area contributed by atoms with Crippen LogP contribution in [0.3, 0.4) is 0 Å². The van der Waals surface area contributed by atoms with Crippen LogP contribution in [0, 0.1) is 11.8 Å². The topological polar surface area (TPSA) is 63.3 Å². The molecule has 3 N–H and O–H groups in total. The van der Waals surface area contributed by atoms with Crippen molar-refractivity contribution in [1.29, 1.82) is 0 Å². The predicted octanol–water partition coefficient (Wildman–Crippen LogP) is 2.22. The highest BCUT2D eigenvalue weighted by atomic mass is 16.4. The Balaban J connectivity index is 2.97. The minimum absolute atomic E-state index is 0.161. The van der Waals surface area contributed by atoms with Gasteiger partial charge < -0.3 is 10.8 Å². The maximum absolute atomic E-state index is 10.3. The minimum atomic E-state index is -0.925. The van der Waals surface area contributed by atoms with Gasteiger partial charge in [-0.2, -0.15) is 0 Å². The Kier molecular flexibility index (Phi) is 3.96. The molecule has 3 nitrogen and oxygen atoms in total. The molecule has 0 aliphatic carbocycles. The van der Waals surface area contributed by atoms with Gasteiger partial charge in [0.25, 0.3) is 0 Å². The molecule has 0 aliphatic heterocycles. The molecule has 0 atom stereocenters. The first-order chi connectivity index (χ1) is 7.50. The Morgan fingerprint density at radius 2 is 2.19 bits per heavy atom. The summed E-state index contributed by atoms with van der Waals surface area (Å²) in [5, 5.41) is 8.47. The summed E-state index contributed by atoms with van der Waals surface area (Å²) in [4.78, 5) is 10.3. The van der Waals surface area contributed by atoms with Gasteiger partial charge in [0, 0.05) is 11.3 Å². The van der Waals surface area contributed by atoms with E-state index in [9.17, 15) is 4.79 Å². The van der Waals surface area contributed by atoms with Crippen molar-refractivity contribution in [2.24, 2.45) is 0 Å². The zero-order valence-electron chi connectivity index (χ0n) is 9.45. The van der Waals surface area contributed by atoms with Crippen LogP contribution in [0.2, 0.25) is 0 Å². The lowest BCUT2D eigenvalue weighted by Crippen LogP contribution is -1.95. The monoisotopic (exact) mass is 217 g/mol. The minimum Gasteiger partial charge on any atom is -0.481 e. The number of anilines is 1. The second kappa shape index (κ2) is 5.22. The van der Waals surface area contributed by atoms with Crippen LogP contribution in [0.4, 0.5) is 5.69 Å². The summed E-state index contributed by atoms with van der Waals surface area (Å²) in [7, 11) is 0. The van der Waals surface area contributed by atoms with Gasteiger partial charge in [-0.1, -0.05) is 31.8 Å². The summed E-state index contributed by atoms with van der Waals surface area (Å²) in [6, 6.07) is 5.68. The van der Waals surface area contributed by atoms with E-state index < -0.39 is 5.97 Å². The molecule has 1 rings (SSSR count). The number of nitrogens with two attached hydrogens (primary N) is 1. The fourth-order valence-corrected chi connectivity index (χ4v) is 1.26. The lowest BCUT2D eigenvalue weighted by Gasteiger charge is -2.07. The average molecular weight is 217 g/mol. The molecule has 1 aromatic rings. The Morgan fingerprint density at radius 3 is 2.75 bits per heavy atom. The molecule has 3 heteroatoms. The van der Waals surface area contributed by atoms with Gasteiger partial charge in [-0.15, -0.1) is 0 Å². The normalized spacial score (nSPS) is 9.69. The van der Waals surface area contributed by atoms with Crippen LogP contribution in [0.15, 0.2) is 18.2 Å². The van der Waals surface area contributed by atoms with Crippen molar-refractivity contribution in [1.82, 2.24) is 0 Å². The lowest BCUT2D eigenvalue weighted by atomic mass is 10.00. The van der Waals surface area contributed by atoms with Crippen LogP contribution in [0.1, 0.15) is 37.3 Å². The van der Waals surface area contributed by atoms with E-state index in [1.807, 2.05) is 12.1 Å². The van der Waals surface area contributed by atoms with E-state index >= 15 is 0 Å². The van der Waals surface area contributed by atoms with Gasteiger partial charge in [0.05, 0.1) is 0 Å². The average Bonchev–Trinajstić information content (AvgIpc) is 2.20. The molecule has 0 heterocycles. The third kappa shape index (κ3) is 3.32. The van der Waals surface area contributed by atoms with E-state index in [1.54, 1.807) is 6.07 Å². The SMILES string of the molecule is CC(C)c1ccc(N)c(C#CCC(=O)O)c1. The fraction of sp³-hybridized carbons (Fsp3) is 0.308. The summed E-state index contributed by atoms with van der Waals surface area (Å²) in [5.74, 6) is 4.84. The summed E-state index contributed by atoms with van der Waals surface area (Å²) in [6.45, 7) is 4.17. The van der Waals surface area contributed by atoms with Crippen LogP contribution in [0.25, 0.3) is 0 Å². The molecule has 84 valence electrons.